The van der Waals surface area contributed by atoms with Crippen molar-refractivity contribution in [3.63, 3.8) is 0 Å². The van der Waals surface area contributed by atoms with Gasteiger partial charge in [-0.1, -0.05) is 65.7 Å². The Bertz CT molecular complexity index is 1210. The Morgan fingerprint density at radius 3 is 2.58 bits per heavy atom. The molecule has 0 atom stereocenters. The molecule has 0 unspecified atom stereocenters. The van der Waals surface area contributed by atoms with E-state index in [1.54, 1.807) is 18.3 Å². The number of benzene rings is 3. The molecule has 0 aliphatic carbocycles. The van der Waals surface area contributed by atoms with E-state index in [0.717, 1.165) is 33.6 Å². The van der Waals surface area contributed by atoms with Crippen LogP contribution in [0.5, 0.6) is 0 Å². The largest absolute Gasteiger partial charge is 0.273 e. The van der Waals surface area contributed by atoms with Crippen molar-refractivity contribution in [2.45, 2.75) is 13.3 Å². The fourth-order valence-corrected chi connectivity index (χ4v) is 3.34. The molecule has 0 bridgehead atoms. The van der Waals surface area contributed by atoms with Crippen LogP contribution in [0.1, 0.15) is 16.7 Å². The second-order valence-electron chi connectivity index (χ2n) is 7.18. The first-order valence-corrected chi connectivity index (χ1v) is 10.2. The van der Waals surface area contributed by atoms with Gasteiger partial charge in [-0.05, 0) is 42.8 Å². The number of rotatable bonds is 6. The van der Waals surface area contributed by atoms with Crippen LogP contribution in [0.3, 0.4) is 0 Å². The Hall–Kier alpha value is -3.70. The van der Waals surface area contributed by atoms with Crippen molar-refractivity contribution in [3.05, 3.63) is 107 Å². The normalized spacial score (nSPS) is 11.0. The number of para-hydroxylation sites is 1. The molecule has 1 amide bonds. The molecule has 154 valence electrons. The van der Waals surface area contributed by atoms with E-state index < -0.39 is 0 Å². The second kappa shape index (κ2) is 9.41. The molecule has 5 nitrogen and oxygen atoms in total. The van der Waals surface area contributed by atoms with Gasteiger partial charge in [-0.2, -0.15) is 10.2 Å². The molecule has 0 aliphatic heterocycles. The number of amides is 1. The molecule has 31 heavy (non-hydrogen) atoms. The third kappa shape index (κ3) is 5.27. The van der Waals surface area contributed by atoms with Gasteiger partial charge in [-0.15, -0.1) is 0 Å². The number of carbonyl (C=O) groups is 1. The van der Waals surface area contributed by atoms with Crippen LogP contribution in [0.25, 0.3) is 16.9 Å². The number of hydrogen-bond donors (Lipinski definition) is 1. The van der Waals surface area contributed by atoms with Crippen LogP contribution in [0.2, 0.25) is 5.02 Å². The van der Waals surface area contributed by atoms with Crippen molar-refractivity contribution in [2.24, 2.45) is 5.10 Å². The fourth-order valence-electron chi connectivity index (χ4n) is 3.21. The van der Waals surface area contributed by atoms with Crippen molar-refractivity contribution >= 4 is 23.7 Å². The van der Waals surface area contributed by atoms with Gasteiger partial charge in [0.1, 0.15) is 5.69 Å². The maximum Gasteiger partial charge on any atom is 0.244 e. The standard InChI is InChI=1S/C25H21ClN4O/c1-18-6-5-7-20(14-18)25-21(17-30(29-25)23-8-3-2-4-9-23)16-27-28-24(31)15-19-10-12-22(26)13-11-19/h2-14,16-17H,15H2,1H3,(H,28,31)/b27-16-. The molecule has 1 aromatic heterocycles. The maximum absolute atomic E-state index is 12.2. The zero-order valence-electron chi connectivity index (χ0n) is 17.0. The molecule has 0 fully saturated rings. The van der Waals surface area contributed by atoms with Crippen molar-refractivity contribution in [3.8, 4) is 16.9 Å². The van der Waals surface area contributed by atoms with Crippen molar-refractivity contribution in [1.82, 2.24) is 15.2 Å². The summed E-state index contributed by atoms with van der Waals surface area (Å²) >= 11 is 5.89. The number of nitrogens with zero attached hydrogens (tertiary/aromatic N) is 3. The first-order chi connectivity index (χ1) is 15.1. The highest BCUT2D eigenvalue weighted by Crippen LogP contribution is 2.23. The Morgan fingerprint density at radius 1 is 1.06 bits per heavy atom. The van der Waals surface area contributed by atoms with Gasteiger partial charge in [0, 0.05) is 22.3 Å². The minimum atomic E-state index is -0.203. The molecule has 6 heteroatoms. The highest BCUT2D eigenvalue weighted by Gasteiger charge is 2.11. The van der Waals surface area contributed by atoms with E-state index >= 15 is 0 Å². The highest BCUT2D eigenvalue weighted by atomic mass is 35.5. The van der Waals surface area contributed by atoms with Crippen LogP contribution in [-0.4, -0.2) is 21.9 Å². The minimum Gasteiger partial charge on any atom is -0.273 e. The number of halogens is 1. The summed E-state index contributed by atoms with van der Waals surface area (Å²) in [5, 5.41) is 9.57. The van der Waals surface area contributed by atoms with Gasteiger partial charge in [0.05, 0.1) is 18.3 Å². The van der Waals surface area contributed by atoms with Crippen molar-refractivity contribution in [2.75, 3.05) is 0 Å². The van der Waals surface area contributed by atoms with Gasteiger partial charge in [0.2, 0.25) is 5.91 Å². The van der Waals surface area contributed by atoms with E-state index in [0.29, 0.717) is 5.02 Å². The molecule has 1 N–H and O–H groups in total. The van der Waals surface area contributed by atoms with Gasteiger partial charge in [-0.3, -0.25) is 4.79 Å². The predicted octanol–water partition coefficient (Wildman–Crippen LogP) is 5.19. The van der Waals surface area contributed by atoms with Gasteiger partial charge in [0.15, 0.2) is 0 Å². The molecule has 4 aromatic rings. The summed E-state index contributed by atoms with van der Waals surface area (Å²) in [6.45, 7) is 2.04. The van der Waals surface area contributed by atoms with Crippen LogP contribution in [-0.2, 0) is 11.2 Å². The predicted molar refractivity (Wildman–Crippen MR) is 125 cm³/mol. The zero-order chi connectivity index (χ0) is 21.6. The summed E-state index contributed by atoms with van der Waals surface area (Å²) in [5.74, 6) is -0.203. The lowest BCUT2D eigenvalue weighted by Crippen LogP contribution is -2.19. The molecule has 0 saturated heterocycles. The average Bonchev–Trinajstić information content (AvgIpc) is 3.20. The topological polar surface area (TPSA) is 59.3 Å². The van der Waals surface area contributed by atoms with Crippen molar-refractivity contribution in [1.29, 1.82) is 0 Å². The summed E-state index contributed by atoms with van der Waals surface area (Å²) in [7, 11) is 0. The van der Waals surface area contributed by atoms with E-state index in [1.807, 2.05) is 78.5 Å². The molecule has 0 spiro atoms. The highest BCUT2D eigenvalue weighted by molar-refractivity contribution is 6.30. The quantitative estimate of drug-likeness (QED) is 0.339. The van der Waals surface area contributed by atoms with E-state index in [4.69, 9.17) is 16.7 Å². The van der Waals surface area contributed by atoms with Crippen LogP contribution in [0.4, 0.5) is 0 Å². The van der Waals surface area contributed by atoms with E-state index in [2.05, 4.69) is 16.6 Å². The van der Waals surface area contributed by atoms with Crippen LogP contribution < -0.4 is 5.43 Å². The monoisotopic (exact) mass is 428 g/mol. The van der Waals surface area contributed by atoms with Gasteiger partial charge in [-0.25, -0.2) is 10.1 Å². The van der Waals surface area contributed by atoms with Crippen LogP contribution >= 0.6 is 11.6 Å². The number of nitrogens with one attached hydrogen (secondary N) is 1. The minimum absolute atomic E-state index is 0.203. The van der Waals surface area contributed by atoms with Crippen molar-refractivity contribution < 1.29 is 4.79 Å². The molecule has 1 heterocycles. The third-order valence-corrected chi connectivity index (χ3v) is 4.98. The molecule has 0 saturated carbocycles. The van der Waals surface area contributed by atoms with Crippen LogP contribution in [0.15, 0.2) is 90.2 Å². The Balaban J connectivity index is 1.56. The fraction of sp³-hybridized carbons (Fsp3) is 0.0800. The summed E-state index contributed by atoms with van der Waals surface area (Å²) in [6.07, 6.45) is 3.76. The number of hydrogen-bond acceptors (Lipinski definition) is 3. The first kappa shape index (κ1) is 20.6. The number of hydrazone groups is 1. The third-order valence-electron chi connectivity index (χ3n) is 4.73. The molecular formula is C25H21ClN4O. The summed E-state index contributed by atoms with van der Waals surface area (Å²) in [4.78, 5) is 12.2. The lowest BCUT2D eigenvalue weighted by Gasteiger charge is -2.02. The van der Waals surface area contributed by atoms with Gasteiger partial charge < -0.3 is 0 Å². The average molecular weight is 429 g/mol. The van der Waals surface area contributed by atoms with Crippen LogP contribution in [0, 0.1) is 6.92 Å². The maximum atomic E-state index is 12.2. The van der Waals surface area contributed by atoms with Gasteiger partial charge >= 0.3 is 0 Å². The lowest BCUT2D eigenvalue weighted by molar-refractivity contribution is -0.120. The Labute approximate surface area is 186 Å². The molecule has 3 aromatic carbocycles. The smallest absolute Gasteiger partial charge is 0.244 e. The molecule has 0 radical (unpaired) electrons. The summed E-state index contributed by atoms with van der Waals surface area (Å²) in [5.41, 5.74) is 8.15. The molecule has 0 aliphatic rings. The number of carbonyl (C=O) groups excluding carboxylic acids is 1. The zero-order valence-corrected chi connectivity index (χ0v) is 17.8. The van der Waals surface area contributed by atoms with E-state index in [9.17, 15) is 4.79 Å². The lowest BCUT2D eigenvalue weighted by atomic mass is 10.1. The van der Waals surface area contributed by atoms with Gasteiger partial charge in [0.25, 0.3) is 0 Å². The Kier molecular flexibility index (Phi) is 6.24. The first-order valence-electron chi connectivity index (χ1n) is 9.87. The summed E-state index contributed by atoms with van der Waals surface area (Å²) in [6, 6.07) is 25.2. The van der Waals surface area contributed by atoms with E-state index in [-0.39, 0.29) is 12.3 Å². The number of aryl methyl sites for hydroxylation is 1. The van der Waals surface area contributed by atoms with E-state index in [1.165, 1.54) is 0 Å². The second-order valence-corrected chi connectivity index (χ2v) is 7.62. The molecule has 4 rings (SSSR count). The number of aromatic nitrogens is 2. The Morgan fingerprint density at radius 2 is 1.84 bits per heavy atom. The summed E-state index contributed by atoms with van der Waals surface area (Å²) < 4.78 is 1.81. The SMILES string of the molecule is Cc1cccc(-c2nn(-c3ccccc3)cc2/C=N\NC(=O)Cc2ccc(Cl)cc2)c1. The molecular weight excluding hydrogens is 408 g/mol.